The lowest BCUT2D eigenvalue weighted by Gasteiger charge is -2.61. The van der Waals surface area contributed by atoms with E-state index >= 15 is 0 Å². The number of hydrogen-bond donors (Lipinski definition) is 1. The maximum Gasteiger partial charge on any atom is 0.309 e. The molecular formula is C17H26O2. The molecule has 0 aromatic rings. The van der Waals surface area contributed by atoms with Crippen LogP contribution in [0.25, 0.3) is 0 Å². The van der Waals surface area contributed by atoms with E-state index in [9.17, 15) is 9.90 Å². The van der Waals surface area contributed by atoms with Crippen molar-refractivity contribution in [1.29, 1.82) is 0 Å². The molecule has 1 unspecified atom stereocenters. The van der Waals surface area contributed by atoms with Gasteiger partial charge in [-0.05, 0) is 81.5 Å². The van der Waals surface area contributed by atoms with E-state index in [0.717, 1.165) is 17.8 Å². The minimum absolute atomic E-state index is 0.117. The van der Waals surface area contributed by atoms with Gasteiger partial charge in [0, 0.05) is 0 Å². The zero-order chi connectivity index (χ0) is 13.8. The molecule has 1 N–H and O–H groups in total. The van der Waals surface area contributed by atoms with Crippen molar-refractivity contribution in [1.82, 2.24) is 0 Å². The Hall–Kier alpha value is -0.790. The fraction of sp³-hybridized carbons (Fsp3) is 0.824. The fourth-order valence-corrected chi connectivity index (χ4v) is 6.00. The normalized spacial score (nSPS) is 42.1. The zero-order valence-corrected chi connectivity index (χ0v) is 12.2. The predicted octanol–water partition coefficient (Wildman–Crippen LogP) is 4.12. The molecule has 1 atom stereocenters. The van der Waals surface area contributed by atoms with Crippen molar-refractivity contribution in [3.63, 3.8) is 0 Å². The molecule has 0 spiro atoms. The summed E-state index contributed by atoms with van der Waals surface area (Å²) in [4.78, 5) is 11.7. The summed E-state index contributed by atoms with van der Waals surface area (Å²) in [6, 6.07) is 0. The molecule has 2 nitrogen and oxygen atoms in total. The van der Waals surface area contributed by atoms with Gasteiger partial charge in [-0.3, -0.25) is 4.79 Å². The van der Waals surface area contributed by atoms with Crippen molar-refractivity contribution in [3.8, 4) is 0 Å². The highest BCUT2D eigenvalue weighted by Crippen LogP contribution is 2.65. The van der Waals surface area contributed by atoms with Crippen molar-refractivity contribution in [2.45, 2.75) is 52.4 Å². The maximum atomic E-state index is 11.7. The van der Waals surface area contributed by atoms with Gasteiger partial charge in [-0.25, -0.2) is 0 Å². The lowest BCUT2D eigenvalue weighted by atomic mass is 9.44. The van der Waals surface area contributed by atoms with Crippen LogP contribution in [0.3, 0.4) is 0 Å². The van der Waals surface area contributed by atoms with Crippen LogP contribution in [0.15, 0.2) is 12.7 Å². The van der Waals surface area contributed by atoms with Crippen LogP contribution in [-0.2, 0) is 4.79 Å². The number of carbonyl (C=O) groups is 1. The minimum atomic E-state index is -0.687. The second-order valence-electron chi connectivity index (χ2n) is 8.02. The molecule has 0 saturated heterocycles. The lowest BCUT2D eigenvalue weighted by molar-refractivity contribution is -0.159. The zero-order valence-electron chi connectivity index (χ0n) is 12.2. The van der Waals surface area contributed by atoms with E-state index in [1.54, 1.807) is 0 Å². The van der Waals surface area contributed by atoms with Gasteiger partial charge >= 0.3 is 5.97 Å². The Bertz CT molecular complexity index is 372. The first-order valence-electron chi connectivity index (χ1n) is 7.73. The van der Waals surface area contributed by atoms with Gasteiger partial charge in [0.25, 0.3) is 0 Å². The minimum Gasteiger partial charge on any atom is -0.481 e. The number of hydrogen-bond acceptors (Lipinski definition) is 1. The van der Waals surface area contributed by atoms with Gasteiger partial charge in [-0.15, -0.1) is 6.58 Å². The third kappa shape index (κ3) is 1.86. The quantitative estimate of drug-likeness (QED) is 0.774. The van der Waals surface area contributed by atoms with Crippen LogP contribution in [0.5, 0.6) is 0 Å². The first kappa shape index (κ1) is 13.2. The van der Waals surface area contributed by atoms with Gasteiger partial charge in [-0.1, -0.05) is 6.08 Å². The van der Waals surface area contributed by atoms with Gasteiger partial charge < -0.3 is 5.11 Å². The number of allylic oxidation sites excluding steroid dienone is 1. The molecule has 4 rings (SSSR count). The highest BCUT2D eigenvalue weighted by Gasteiger charge is 2.57. The Morgan fingerprint density at radius 3 is 1.95 bits per heavy atom. The molecule has 4 saturated carbocycles. The molecule has 4 aliphatic carbocycles. The third-order valence-electron chi connectivity index (χ3n) is 6.31. The van der Waals surface area contributed by atoms with Gasteiger partial charge in [-0.2, -0.15) is 0 Å². The highest BCUT2D eigenvalue weighted by atomic mass is 16.4. The van der Waals surface area contributed by atoms with E-state index in [-0.39, 0.29) is 11.3 Å². The Balaban J connectivity index is 1.95. The molecule has 0 amide bonds. The summed E-state index contributed by atoms with van der Waals surface area (Å²) < 4.78 is 0. The number of carboxylic acid groups (broad SMARTS) is 1. The Morgan fingerprint density at radius 2 is 1.63 bits per heavy atom. The summed E-state index contributed by atoms with van der Waals surface area (Å²) in [7, 11) is 0. The Kier molecular flexibility index (Phi) is 2.85. The Morgan fingerprint density at radius 1 is 1.21 bits per heavy atom. The van der Waals surface area contributed by atoms with Gasteiger partial charge in [0.05, 0.1) is 5.41 Å². The molecule has 0 heterocycles. The monoisotopic (exact) mass is 262 g/mol. The summed E-state index contributed by atoms with van der Waals surface area (Å²) in [6.07, 6.45) is 9.89. The summed E-state index contributed by atoms with van der Waals surface area (Å²) in [5.74, 6) is 2.02. The molecule has 106 valence electrons. The van der Waals surface area contributed by atoms with Crippen molar-refractivity contribution in [2.75, 3.05) is 0 Å². The van der Waals surface area contributed by atoms with E-state index in [4.69, 9.17) is 0 Å². The van der Waals surface area contributed by atoms with Gasteiger partial charge in [0.1, 0.15) is 0 Å². The molecule has 0 aliphatic heterocycles. The predicted molar refractivity (Wildman–Crippen MR) is 75.7 cm³/mol. The molecular weight excluding hydrogens is 236 g/mol. The van der Waals surface area contributed by atoms with Crippen molar-refractivity contribution >= 4 is 5.97 Å². The summed E-state index contributed by atoms with van der Waals surface area (Å²) in [5.41, 5.74) is -0.453. The average Bonchev–Trinajstić information content (AvgIpc) is 2.26. The molecule has 19 heavy (non-hydrogen) atoms. The first-order chi connectivity index (χ1) is 8.87. The molecule has 0 aromatic carbocycles. The molecule has 0 radical (unpaired) electrons. The molecule has 4 bridgehead atoms. The maximum absolute atomic E-state index is 11.7. The van der Waals surface area contributed by atoms with Crippen LogP contribution < -0.4 is 0 Å². The molecule has 4 fully saturated rings. The van der Waals surface area contributed by atoms with E-state index < -0.39 is 11.4 Å². The SMILES string of the molecule is C=CC(C12CC3CC(CC(C3)C1)C2)C(C)(C)C(=O)O. The number of carboxylic acids is 1. The van der Waals surface area contributed by atoms with Gasteiger partial charge in [0.2, 0.25) is 0 Å². The summed E-state index contributed by atoms with van der Waals surface area (Å²) in [5, 5.41) is 9.60. The lowest BCUT2D eigenvalue weighted by Crippen LogP contribution is -2.53. The fourth-order valence-electron chi connectivity index (χ4n) is 6.00. The van der Waals surface area contributed by atoms with Crippen molar-refractivity contribution in [2.24, 2.45) is 34.5 Å². The highest BCUT2D eigenvalue weighted by molar-refractivity contribution is 5.74. The first-order valence-corrected chi connectivity index (χ1v) is 7.73. The summed E-state index contributed by atoms with van der Waals surface area (Å²) in [6.45, 7) is 7.78. The van der Waals surface area contributed by atoms with Crippen molar-refractivity contribution < 1.29 is 9.90 Å². The van der Waals surface area contributed by atoms with Crippen LogP contribution in [0.4, 0.5) is 0 Å². The second-order valence-corrected chi connectivity index (χ2v) is 8.02. The topological polar surface area (TPSA) is 37.3 Å². The molecule has 2 heteroatoms. The smallest absolute Gasteiger partial charge is 0.309 e. The number of rotatable bonds is 4. The number of aliphatic carboxylic acids is 1. The molecule has 4 aliphatic rings. The van der Waals surface area contributed by atoms with Crippen molar-refractivity contribution in [3.05, 3.63) is 12.7 Å². The van der Waals surface area contributed by atoms with Crippen LogP contribution in [0, 0.1) is 34.5 Å². The van der Waals surface area contributed by atoms with Gasteiger partial charge in [0.15, 0.2) is 0 Å². The van der Waals surface area contributed by atoms with E-state index in [0.29, 0.717) is 0 Å². The van der Waals surface area contributed by atoms with Crippen LogP contribution >= 0.6 is 0 Å². The summed E-state index contributed by atoms with van der Waals surface area (Å²) >= 11 is 0. The van der Waals surface area contributed by atoms with Crippen LogP contribution in [0.1, 0.15) is 52.4 Å². The largest absolute Gasteiger partial charge is 0.481 e. The second kappa shape index (κ2) is 4.10. The molecule has 0 aromatic heterocycles. The average molecular weight is 262 g/mol. The Labute approximate surface area is 116 Å². The third-order valence-corrected chi connectivity index (χ3v) is 6.31. The van der Waals surface area contributed by atoms with Crippen LogP contribution in [-0.4, -0.2) is 11.1 Å². The van der Waals surface area contributed by atoms with Crippen LogP contribution in [0.2, 0.25) is 0 Å². The van der Waals surface area contributed by atoms with E-state index in [2.05, 4.69) is 6.58 Å². The van der Waals surface area contributed by atoms with E-state index in [1.807, 2.05) is 19.9 Å². The van der Waals surface area contributed by atoms with E-state index in [1.165, 1.54) is 38.5 Å². The standard InChI is InChI=1S/C17H26O2/c1-4-14(16(2,3)15(18)19)17-8-11-5-12(9-17)7-13(6-11)10-17/h4,11-14H,1,5-10H2,2-3H3,(H,18,19).